The molecular weight excluding hydrogens is 260 g/mol. The average molecular weight is 281 g/mol. The minimum Gasteiger partial charge on any atom is -0.468 e. The van der Waals surface area contributed by atoms with Gasteiger partial charge in [-0.2, -0.15) is 0 Å². The van der Waals surface area contributed by atoms with Crippen molar-refractivity contribution in [3.05, 3.63) is 0 Å². The van der Waals surface area contributed by atoms with Crippen molar-refractivity contribution in [2.75, 3.05) is 40.8 Å². The first-order chi connectivity index (χ1) is 7.07. The lowest BCUT2D eigenvalue weighted by Gasteiger charge is -2.10. The van der Waals surface area contributed by atoms with Crippen molar-refractivity contribution < 1.29 is 9.53 Å². The second-order valence-corrected chi connectivity index (χ2v) is 4.81. The van der Waals surface area contributed by atoms with Gasteiger partial charge in [-0.25, -0.2) is 0 Å². The third kappa shape index (κ3) is 8.84. The van der Waals surface area contributed by atoms with E-state index in [1.165, 1.54) is 13.5 Å². The van der Waals surface area contributed by atoms with Crippen LogP contribution < -0.4 is 5.32 Å². The maximum Gasteiger partial charge on any atom is 0.320 e. The number of ether oxygens (including phenoxy) is 1. The van der Waals surface area contributed by atoms with E-state index in [0.717, 1.165) is 19.5 Å². The van der Waals surface area contributed by atoms with E-state index >= 15 is 0 Å². The summed E-state index contributed by atoms with van der Waals surface area (Å²) in [6, 6.07) is 0. The Morgan fingerprint density at radius 1 is 1.47 bits per heavy atom. The molecule has 1 atom stereocenters. The number of esters is 1. The summed E-state index contributed by atoms with van der Waals surface area (Å²) < 4.78 is 4.59. The Bertz CT molecular complexity index is 177. The zero-order valence-corrected chi connectivity index (χ0v) is 11.3. The third-order valence-electron chi connectivity index (χ3n) is 1.99. The number of alkyl halides is 1. The standard InChI is InChI=1S/C10H21BrN2O2/c1-13(2)7-5-4-6-12-8-9(11)10(14)15-3/h9,12H,4-8H2,1-3H3. The molecule has 0 aliphatic rings. The summed E-state index contributed by atoms with van der Waals surface area (Å²) >= 11 is 3.25. The molecule has 0 saturated heterocycles. The van der Waals surface area contributed by atoms with Crippen LogP contribution in [0.25, 0.3) is 0 Å². The molecule has 0 aromatic carbocycles. The van der Waals surface area contributed by atoms with Gasteiger partial charge in [-0.1, -0.05) is 15.9 Å². The first-order valence-corrected chi connectivity index (χ1v) is 6.07. The fourth-order valence-corrected chi connectivity index (χ4v) is 1.53. The molecule has 0 fully saturated rings. The summed E-state index contributed by atoms with van der Waals surface area (Å²) in [5, 5.41) is 3.21. The van der Waals surface area contributed by atoms with Gasteiger partial charge in [-0.3, -0.25) is 4.79 Å². The molecule has 5 heteroatoms. The highest BCUT2D eigenvalue weighted by Gasteiger charge is 2.13. The molecule has 0 aromatic heterocycles. The molecule has 0 aliphatic heterocycles. The number of carbonyl (C=O) groups is 1. The molecule has 90 valence electrons. The van der Waals surface area contributed by atoms with Crippen LogP contribution in [0.1, 0.15) is 12.8 Å². The van der Waals surface area contributed by atoms with Gasteiger partial charge >= 0.3 is 5.97 Å². The number of carbonyl (C=O) groups excluding carboxylic acids is 1. The number of methoxy groups -OCH3 is 1. The fourth-order valence-electron chi connectivity index (χ4n) is 1.12. The molecule has 0 saturated carbocycles. The highest BCUT2D eigenvalue weighted by atomic mass is 79.9. The van der Waals surface area contributed by atoms with E-state index in [-0.39, 0.29) is 10.8 Å². The SMILES string of the molecule is COC(=O)C(Br)CNCCCCN(C)C. The minimum atomic E-state index is -0.239. The number of nitrogens with one attached hydrogen (secondary N) is 1. The van der Waals surface area contributed by atoms with Crippen LogP contribution in [-0.2, 0) is 9.53 Å². The second-order valence-electron chi connectivity index (χ2n) is 3.71. The van der Waals surface area contributed by atoms with E-state index in [1.54, 1.807) is 0 Å². The fraction of sp³-hybridized carbons (Fsp3) is 0.900. The first kappa shape index (κ1) is 14.9. The summed E-state index contributed by atoms with van der Waals surface area (Å²) in [6.45, 7) is 2.66. The van der Waals surface area contributed by atoms with E-state index in [4.69, 9.17) is 0 Å². The molecule has 0 bridgehead atoms. The highest BCUT2D eigenvalue weighted by Crippen LogP contribution is 1.99. The van der Waals surface area contributed by atoms with Gasteiger partial charge in [0.25, 0.3) is 0 Å². The van der Waals surface area contributed by atoms with Crippen molar-refractivity contribution in [1.29, 1.82) is 0 Å². The van der Waals surface area contributed by atoms with Crippen molar-refractivity contribution in [2.24, 2.45) is 0 Å². The Morgan fingerprint density at radius 2 is 2.13 bits per heavy atom. The lowest BCUT2D eigenvalue weighted by atomic mass is 10.3. The predicted molar refractivity (Wildman–Crippen MR) is 65.4 cm³/mol. The molecule has 0 rings (SSSR count). The molecule has 0 radical (unpaired) electrons. The number of hydrogen-bond donors (Lipinski definition) is 1. The number of unbranched alkanes of at least 4 members (excludes halogenated alkanes) is 1. The maximum atomic E-state index is 11.0. The molecule has 0 aliphatic carbocycles. The molecule has 1 unspecified atom stereocenters. The molecule has 0 heterocycles. The topological polar surface area (TPSA) is 41.6 Å². The summed E-state index contributed by atoms with van der Waals surface area (Å²) in [5.74, 6) is -0.226. The number of halogens is 1. The zero-order valence-electron chi connectivity index (χ0n) is 9.75. The summed E-state index contributed by atoms with van der Waals surface area (Å²) in [6.07, 6.45) is 2.30. The molecule has 15 heavy (non-hydrogen) atoms. The molecule has 0 aromatic rings. The lowest BCUT2D eigenvalue weighted by Crippen LogP contribution is -2.30. The van der Waals surface area contributed by atoms with Gasteiger partial charge in [0, 0.05) is 6.54 Å². The van der Waals surface area contributed by atoms with E-state index in [9.17, 15) is 4.79 Å². The van der Waals surface area contributed by atoms with Crippen LogP contribution in [-0.4, -0.2) is 56.5 Å². The summed E-state index contributed by atoms with van der Waals surface area (Å²) in [4.78, 5) is 12.9. The van der Waals surface area contributed by atoms with Gasteiger partial charge in [0.05, 0.1) is 7.11 Å². The van der Waals surface area contributed by atoms with E-state index in [1.807, 2.05) is 0 Å². The van der Waals surface area contributed by atoms with Crippen molar-refractivity contribution >= 4 is 21.9 Å². The monoisotopic (exact) mass is 280 g/mol. The van der Waals surface area contributed by atoms with Gasteiger partial charge in [0.2, 0.25) is 0 Å². The van der Waals surface area contributed by atoms with E-state index in [2.05, 4.69) is 45.0 Å². The highest BCUT2D eigenvalue weighted by molar-refractivity contribution is 9.10. The molecular formula is C10H21BrN2O2. The molecule has 0 spiro atoms. The largest absolute Gasteiger partial charge is 0.468 e. The van der Waals surface area contributed by atoms with Crippen molar-refractivity contribution in [3.63, 3.8) is 0 Å². The molecule has 1 N–H and O–H groups in total. The predicted octanol–water partition coefficient (Wildman–Crippen LogP) is 0.854. The summed E-state index contributed by atoms with van der Waals surface area (Å²) in [7, 11) is 5.53. The van der Waals surface area contributed by atoms with Crippen LogP contribution in [0.5, 0.6) is 0 Å². The van der Waals surface area contributed by atoms with E-state index < -0.39 is 0 Å². The van der Waals surface area contributed by atoms with Crippen LogP contribution >= 0.6 is 15.9 Å². The Labute approximate surface area is 100 Å². The van der Waals surface area contributed by atoms with Crippen molar-refractivity contribution in [2.45, 2.75) is 17.7 Å². The Balaban J connectivity index is 3.27. The quantitative estimate of drug-likeness (QED) is 0.407. The molecule has 0 amide bonds. The van der Waals surface area contributed by atoms with Gasteiger partial charge in [-0.05, 0) is 40.0 Å². The van der Waals surface area contributed by atoms with Crippen LogP contribution in [0.15, 0.2) is 0 Å². The normalized spacial score (nSPS) is 12.9. The lowest BCUT2D eigenvalue weighted by molar-refractivity contribution is -0.139. The summed E-state index contributed by atoms with van der Waals surface area (Å²) in [5.41, 5.74) is 0. The zero-order chi connectivity index (χ0) is 11.7. The maximum absolute atomic E-state index is 11.0. The Kier molecular flexibility index (Phi) is 9.04. The number of hydrogen-bond acceptors (Lipinski definition) is 4. The van der Waals surface area contributed by atoms with Gasteiger partial charge in [0.1, 0.15) is 4.83 Å². The van der Waals surface area contributed by atoms with Gasteiger partial charge in [-0.15, -0.1) is 0 Å². The minimum absolute atomic E-state index is 0.226. The van der Waals surface area contributed by atoms with Crippen LogP contribution in [0, 0.1) is 0 Å². The van der Waals surface area contributed by atoms with Crippen LogP contribution in [0.3, 0.4) is 0 Å². The second kappa shape index (κ2) is 9.12. The molecule has 4 nitrogen and oxygen atoms in total. The van der Waals surface area contributed by atoms with Crippen molar-refractivity contribution in [3.8, 4) is 0 Å². The smallest absolute Gasteiger partial charge is 0.320 e. The van der Waals surface area contributed by atoms with Crippen molar-refractivity contribution in [1.82, 2.24) is 10.2 Å². The number of nitrogens with zero attached hydrogens (tertiary/aromatic N) is 1. The van der Waals surface area contributed by atoms with Crippen LogP contribution in [0.2, 0.25) is 0 Å². The number of rotatable bonds is 8. The Hall–Kier alpha value is -0.130. The van der Waals surface area contributed by atoms with Gasteiger partial charge in [0.15, 0.2) is 0 Å². The third-order valence-corrected chi connectivity index (χ3v) is 2.69. The van der Waals surface area contributed by atoms with Gasteiger partial charge < -0.3 is 15.0 Å². The average Bonchev–Trinajstić information content (AvgIpc) is 2.21. The van der Waals surface area contributed by atoms with Crippen LogP contribution in [0.4, 0.5) is 0 Å². The van der Waals surface area contributed by atoms with E-state index in [0.29, 0.717) is 6.54 Å². The first-order valence-electron chi connectivity index (χ1n) is 5.15. The Morgan fingerprint density at radius 3 is 2.67 bits per heavy atom.